The standard InChI is InChI=1S/C17H19N/c1-5-13-10-11-18-16(12-13)14-6-8-15(9-7-14)17(2,3)4/h5-12H,1H2,2-4H3. The van der Waals surface area contributed by atoms with Gasteiger partial charge in [0.1, 0.15) is 0 Å². The highest BCUT2D eigenvalue weighted by molar-refractivity contribution is 5.63. The molecule has 2 aromatic rings. The minimum Gasteiger partial charge on any atom is -0.256 e. The molecule has 0 radical (unpaired) electrons. The Morgan fingerprint density at radius 2 is 1.72 bits per heavy atom. The number of benzene rings is 1. The Kier molecular flexibility index (Phi) is 3.33. The van der Waals surface area contributed by atoms with Crippen LogP contribution < -0.4 is 0 Å². The second-order valence-electron chi connectivity index (χ2n) is 5.51. The lowest BCUT2D eigenvalue weighted by Gasteiger charge is -2.19. The van der Waals surface area contributed by atoms with E-state index in [1.807, 2.05) is 18.3 Å². The largest absolute Gasteiger partial charge is 0.256 e. The Hall–Kier alpha value is -1.89. The third-order valence-electron chi connectivity index (χ3n) is 3.07. The molecule has 18 heavy (non-hydrogen) atoms. The van der Waals surface area contributed by atoms with Gasteiger partial charge in [0.25, 0.3) is 0 Å². The molecular weight excluding hydrogens is 218 g/mol. The molecule has 0 fully saturated rings. The first kappa shape index (κ1) is 12.6. The summed E-state index contributed by atoms with van der Waals surface area (Å²) >= 11 is 0. The van der Waals surface area contributed by atoms with E-state index < -0.39 is 0 Å². The Balaban J connectivity index is 2.37. The molecule has 0 aliphatic rings. The Bertz CT molecular complexity index is 545. The molecule has 0 unspecified atom stereocenters. The van der Waals surface area contributed by atoms with Crippen molar-refractivity contribution in [1.82, 2.24) is 4.98 Å². The van der Waals surface area contributed by atoms with Crippen LogP contribution in [0.5, 0.6) is 0 Å². The maximum atomic E-state index is 4.40. The monoisotopic (exact) mass is 237 g/mol. The summed E-state index contributed by atoms with van der Waals surface area (Å²) in [4.78, 5) is 4.40. The highest BCUT2D eigenvalue weighted by Gasteiger charge is 2.13. The van der Waals surface area contributed by atoms with Gasteiger partial charge in [-0.05, 0) is 28.7 Å². The van der Waals surface area contributed by atoms with Crippen LogP contribution >= 0.6 is 0 Å². The van der Waals surface area contributed by atoms with Crippen LogP contribution in [0.2, 0.25) is 0 Å². The summed E-state index contributed by atoms with van der Waals surface area (Å²) in [6, 6.07) is 12.6. The zero-order valence-corrected chi connectivity index (χ0v) is 11.3. The fraction of sp³-hybridized carbons (Fsp3) is 0.235. The number of aromatic nitrogens is 1. The summed E-state index contributed by atoms with van der Waals surface area (Å²) < 4.78 is 0. The molecule has 0 amide bonds. The first-order chi connectivity index (χ1) is 8.50. The van der Waals surface area contributed by atoms with Crippen molar-refractivity contribution in [1.29, 1.82) is 0 Å². The van der Waals surface area contributed by atoms with E-state index >= 15 is 0 Å². The molecule has 0 saturated heterocycles. The normalized spacial score (nSPS) is 11.3. The lowest BCUT2D eigenvalue weighted by atomic mass is 9.86. The van der Waals surface area contributed by atoms with Gasteiger partial charge < -0.3 is 0 Å². The highest BCUT2D eigenvalue weighted by atomic mass is 14.7. The second kappa shape index (κ2) is 4.77. The fourth-order valence-corrected chi connectivity index (χ4v) is 1.87. The molecular formula is C17H19N. The van der Waals surface area contributed by atoms with Crippen molar-refractivity contribution in [2.45, 2.75) is 26.2 Å². The summed E-state index contributed by atoms with van der Waals surface area (Å²) in [6.07, 6.45) is 3.67. The van der Waals surface area contributed by atoms with Crippen molar-refractivity contribution in [2.24, 2.45) is 0 Å². The third-order valence-corrected chi connectivity index (χ3v) is 3.07. The first-order valence-electron chi connectivity index (χ1n) is 6.20. The van der Waals surface area contributed by atoms with E-state index in [1.165, 1.54) is 5.56 Å². The van der Waals surface area contributed by atoms with E-state index in [-0.39, 0.29) is 5.41 Å². The van der Waals surface area contributed by atoms with Gasteiger partial charge in [-0.25, -0.2) is 0 Å². The molecule has 0 saturated carbocycles. The van der Waals surface area contributed by atoms with Crippen LogP contribution in [0.1, 0.15) is 31.9 Å². The zero-order valence-electron chi connectivity index (χ0n) is 11.3. The number of pyridine rings is 1. The van der Waals surface area contributed by atoms with Crippen molar-refractivity contribution in [3.8, 4) is 11.3 Å². The Morgan fingerprint density at radius 3 is 2.28 bits per heavy atom. The number of rotatable bonds is 2. The van der Waals surface area contributed by atoms with Crippen LogP contribution in [0, 0.1) is 0 Å². The molecule has 0 N–H and O–H groups in total. The summed E-state index contributed by atoms with van der Waals surface area (Å²) in [5.41, 5.74) is 4.76. The van der Waals surface area contributed by atoms with E-state index in [4.69, 9.17) is 0 Å². The summed E-state index contributed by atoms with van der Waals surface area (Å²) in [5.74, 6) is 0. The Morgan fingerprint density at radius 1 is 1.06 bits per heavy atom. The van der Waals surface area contributed by atoms with E-state index in [0.29, 0.717) is 0 Å². The topological polar surface area (TPSA) is 12.9 Å². The quantitative estimate of drug-likeness (QED) is 0.738. The first-order valence-corrected chi connectivity index (χ1v) is 6.20. The van der Waals surface area contributed by atoms with Crippen molar-refractivity contribution in [2.75, 3.05) is 0 Å². The molecule has 0 atom stereocenters. The van der Waals surface area contributed by atoms with Gasteiger partial charge >= 0.3 is 0 Å². The van der Waals surface area contributed by atoms with Crippen molar-refractivity contribution < 1.29 is 0 Å². The van der Waals surface area contributed by atoms with E-state index in [1.54, 1.807) is 0 Å². The second-order valence-corrected chi connectivity index (χ2v) is 5.51. The smallest absolute Gasteiger partial charge is 0.0707 e. The van der Waals surface area contributed by atoms with Crippen LogP contribution in [-0.4, -0.2) is 4.98 Å². The minimum absolute atomic E-state index is 0.189. The summed E-state index contributed by atoms with van der Waals surface area (Å²) in [7, 11) is 0. The van der Waals surface area contributed by atoms with Gasteiger partial charge in [-0.15, -0.1) is 0 Å². The predicted octanol–water partition coefficient (Wildman–Crippen LogP) is 4.69. The van der Waals surface area contributed by atoms with Crippen LogP contribution in [0.4, 0.5) is 0 Å². The number of nitrogens with zero attached hydrogens (tertiary/aromatic N) is 1. The third kappa shape index (κ3) is 2.67. The van der Waals surface area contributed by atoms with Gasteiger partial charge in [0.2, 0.25) is 0 Å². The van der Waals surface area contributed by atoms with E-state index in [2.05, 4.69) is 62.7 Å². The van der Waals surface area contributed by atoms with Crippen LogP contribution in [-0.2, 0) is 5.41 Å². The molecule has 1 heterocycles. The fourth-order valence-electron chi connectivity index (χ4n) is 1.87. The molecule has 0 bridgehead atoms. The van der Waals surface area contributed by atoms with E-state index in [0.717, 1.165) is 16.8 Å². The lowest BCUT2D eigenvalue weighted by Crippen LogP contribution is -2.10. The molecule has 1 aromatic heterocycles. The molecule has 1 aromatic carbocycles. The zero-order chi connectivity index (χ0) is 13.2. The van der Waals surface area contributed by atoms with Crippen molar-refractivity contribution >= 4 is 6.08 Å². The summed E-state index contributed by atoms with van der Waals surface area (Å²) in [6.45, 7) is 10.4. The average Bonchev–Trinajstić information content (AvgIpc) is 2.38. The van der Waals surface area contributed by atoms with Gasteiger partial charge in [0.15, 0.2) is 0 Å². The Labute approximate surface area is 109 Å². The van der Waals surface area contributed by atoms with Gasteiger partial charge in [0.05, 0.1) is 5.69 Å². The molecule has 0 spiro atoms. The molecule has 0 aliphatic heterocycles. The molecule has 0 aliphatic carbocycles. The SMILES string of the molecule is C=Cc1ccnc(-c2ccc(C(C)(C)C)cc2)c1. The van der Waals surface area contributed by atoms with Crippen LogP contribution in [0.3, 0.4) is 0 Å². The van der Waals surface area contributed by atoms with Crippen LogP contribution in [0.25, 0.3) is 17.3 Å². The average molecular weight is 237 g/mol. The van der Waals surface area contributed by atoms with Gasteiger partial charge in [-0.1, -0.05) is 57.7 Å². The van der Waals surface area contributed by atoms with Gasteiger partial charge in [0, 0.05) is 11.8 Å². The maximum Gasteiger partial charge on any atom is 0.0707 e. The molecule has 1 nitrogen and oxygen atoms in total. The summed E-state index contributed by atoms with van der Waals surface area (Å²) in [5, 5.41) is 0. The molecule has 92 valence electrons. The maximum absolute atomic E-state index is 4.40. The molecule has 1 heteroatoms. The molecule has 2 rings (SSSR count). The number of hydrogen-bond donors (Lipinski definition) is 0. The van der Waals surface area contributed by atoms with Gasteiger partial charge in [-0.2, -0.15) is 0 Å². The van der Waals surface area contributed by atoms with Crippen molar-refractivity contribution in [3.05, 3.63) is 60.3 Å². The minimum atomic E-state index is 0.189. The van der Waals surface area contributed by atoms with Crippen LogP contribution in [0.15, 0.2) is 49.2 Å². The lowest BCUT2D eigenvalue weighted by molar-refractivity contribution is 0.590. The van der Waals surface area contributed by atoms with E-state index in [9.17, 15) is 0 Å². The highest BCUT2D eigenvalue weighted by Crippen LogP contribution is 2.25. The number of hydrogen-bond acceptors (Lipinski definition) is 1. The predicted molar refractivity (Wildman–Crippen MR) is 78.5 cm³/mol. The van der Waals surface area contributed by atoms with Gasteiger partial charge in [-0.3, -0.25) is 4.98 Å². The van der Waals surface area contributed by atoms with Crippen molar-refractivity contribution in [3.63, 3.8) is 0 Å².